The summed E-state index contributed by atoms with van der Waals surface area (Å²) in [7, 11) is 0. The summed E-state index contributed by atoms with van der Waals surface area (Å²) in [6.45, 7) is 0. The van der Waals surface area contributed by atoms with Crippen molar-refractivity contribution >= 4 is 11.8 Å². The van der Waals surface area contributed by atoms with Gasteiger partial charge in [0.15, 0.2) is 0 Å². The van der Waals surface area contributed by atoms with Crippen molar-refractivity contribution in [3.05, 3.63) is 65.7 Å². The van der Waals surface area contributed by atoms with Gasteiger partial charge in [0.1, 0.15) is 0 Å². The number of hydrogen-bond acceptors (Lipinski definition) is 2. The average Bonchev–Trinajstić information content (AvgIpc) is 2.39. The molecule has 0 aliphatic rings. The number of carbonyl (C=O) groups excluding carboxylic acids is 1. The number of aliphatic imine (C=N–C) groups is 1. The van der Waals surface area contributed by atoms with E-state index < -0.39 is 0 Å². The predicted molar refractivity (Wildman–Crippen MR) is 68.1 cm³/mol. The van der Waals surface area contributed by atoms with Crippen LogP contribution in [0.4, 0.5) is 5.69 Å². The second-order valence-electron chi connectivity index (χ2n) is 3.82. The molecule has 0 atom stereocenters. The van der Waals surface area contributed by atoms with E-state index in [-0.39, 0.29) is 0 Å². The van der Waals surface area contributed by atoms with Gasteiger partial charge in [0.2, 0.25) is 6.08 Å². The smallest absolute Gasteiger partial charge is 0.211 e. The van der Waals surface area contributed by atoms with Crippen molar-refractivity contribution in [3.63, 3.8) is 0 Å². The monoisotopic (exact) mass is 223 g/mol. The topological polar surface area (TPSA) is 29.4 Å². The van der Waals surface area contributed by atoms with E-state index in [1.165, 1.54) is 5.56 Å². The van der Waals surface area contributed by atoms with Crippen LogP contribution >= 0.6 is 0 Å². The Hall–Kier alpha value is -2.18. The molecule has 0 amide bonds. The van der Waals surface area contributed by atoms with Crippen LogP contribution < -0.4 is 0 Å². The van der Waals surface area contributed by atoms with E-state index in [0.29, 0.717) is 0 Å². The molecule has 17 heavy (non-hydrogen) atoms. The van der Waals surface area contributed by atoms with Gasteiger partial charge in [-0.2, -0.15) is 4.99 Å². The fraction of sp³-hybridized carbons (Fsp3) is 0.133. The van der Waals surface area contributed by atoms with Gasteiger partial charge in [0, 0.05) is 0 Å². The van der Waals surface area contributed by atoms with Crippen LogP contribution in [0.5, 0.6) is 0 Å². The van der Waals surface area contributed by atoms with Crippen LogP contribution in [0.1, 0.15) is 11.1 Å². The zero-order valence-electron chi connectivity index (χ0n) is 9.47. The highest BCUT2D eigenvalue weighted by Gasteiger charge is 2.00. The Morgan fingerprint density at radius 3 is 2.35 bits per heavy atom. The first-order valence-corrected chi connectivity index (χ1v) is 5.60. The summed E-state index contributed by atoms with van der Waals surface area (Å²) in [5.41, 5.74) is 3.09. The summed E-state index contributed by atoms with van der Waals surface area (Å²) in [6, 6.07) is 18.0. The van der Waals surface area contributed by atoms with Crippen molar-refractivity contribution in [1.82, 2.24) is 0 Å². The normalized spacial score (nSPS) is 9.65. The molecule has 0 fully saturated rings. The number of nitrogens with zero attached hydrogens (tertiary/aromatic N) is 1. The highest BCUT2D eigenvalue weighted by atomic mass is 16.1. The van der Waals surface area contributed by atoms with Crippen molar-refractivity contribution in [3.8, 4) is 0 Å². The van der Waals surface area contributed by atoms with E-state index in [9.17, 15) is 4.79 Å². The maximum absolute atomic E-state index is 10.3. The fourth-order valence-electron chi connectivity index (χ4n) is 1.80. The lowest BCUT2D eigenvalue weighted by Gasteiger charge is -2.04. The minimum atomic E-state index is 0.721. The molecule has 84 valence electrons. The van der Waals surface area contributed by atoms with E-state index in [4.69, 9.17) is 0 Å². The van der Waals surface area contributed by atoms with Gasteiger partial charge in [0.25, 0.3) is 0 Å². The number of benzene rings is 2. The van der Waals surface area contributed by atoms with Crippen molar-refractivity contribution in [2.75, 3.05) is 0 Å². The third-order valence-electron chi connectivity index (χ3n) is 2.68. The van der Waals surface area contributed by atoms with Crippen LogP contribution in [-0.4, -0.2) is 6.08 Å². The summed E-state index contributed by atoms with van der Waals surface area (Å²) >= 11 is 0. The quantitative estimate of drug-likeness (QED) is 0.576. The molecule has 0 spiro atoms. The Bertz CT molecular complexity index is 528. The van der Waals surface area contributed by atoms with Crippen LogP contribution in [0.25, 0.3) is 0 Å². The third kappa shape index (κ3) is 3.13. The Labute approximate surface area is 101 Å². The second kappa shape index (κ2) is 5.78. The first-order valence-electron chi connectivity index (χ1n) is 5.60. The number of hydrogen-bond donors (Lipinski definition) is 0. The fourth-order valence-corrected chi connectivity index (χ4v) is 1.80. The maximum Gasteiger partial charge on any atom is 0.240 e. The number of aryl methyl sites for hydroxylation is 2. The molecule has 2 nitrogen and oxygen atoms in total. The third-order valence-corrected chi connectivity index (χ3v) is 2.68. The first kappa shape index (κ1) is 11.3. The SMILES string of the molecule is O=C=Nc1ccccc1CCc1ccccc1. The van der Waals surface area contributed by atoms with Crippen LogP contribution in [0.15, 0.2) is 59.6 Å². The lowest BCUT2D eigenvalue weighted by molar-refractivity contribution is 0.565. The number of isocyanates is 1. The van der Waals surface area contributed by atoms with E-state index in [1.54, 1.807) is 6.08 Å². The van der Waals surface area contributed by atoms with Crippen LogP contribution in [0, 0.1) is 0 Å². The minimum absolute atomic E-state index is 0.721. The van der Waals surface area contributed by atoms with Crippen LogP contribution in [0.2, 0.25) is 0 Å². The molecule has 2 aromatic carbocycles. The Balaban J connectivity index is 2.11. The molecular weight excluding hydrogens is 210 g/mol. The standard InChI is InChI=1S/C15H13NO/c17-12-16-15-9-5-4-8-14(15)11-10-13-6-2-1-3-7-13/h1-9H,10-11H2. The summed E-state index contributed by atoms with van der Waals surface area (Å²) in [5, 5.41) is 0. The van der Waals surface area contributed by atoms with Crippen molar-refractivity contribution in [2.45, 2.75) is 12.8 Å². The Kier molecular flexibility index (Phi) is 3.85. The van der Waals surface area contributed by atoms with E-state index in [2.05, 4.69) is 17.1 Å². The van der Waals surface area contributed by atoms with Gasteiger partial charge in [-0.15, -0.1) is 0 Å². The van der Waals surface area contributed by atoms with Gasteiger partial charge in [0.05, 0.1) is 5.69 Å². The van der Waals surface area contributed by atoms with E-state index >= 15 is 0 Å². The van der Waals surface area contributed by atoms with Gasteiger partial charge < -0.3 is 0 Å². The van der Waals surface area contributed by atoms with Crippen LogP contribution in [-0.2, 0) is 17.6 Å². The highest BCUT2D eigenvalue weighted by Crippen LogP contribution is 2.19. The summed E-state index contributed by atoms with van der Waals surface area (Å²) in [4.78, 5) is 14.0. The second-order valence-corrected chi connectivity index (χ2v) is 3.82. The zero-order valence-corrected chi connectivity index (χ0v) is 9.47. The summed E-state index contributed by atoms with van der Waals surface area (Å²) < 4.78 is 0. The lowest BCUT2D eigenvalue weighted by atomic mass is 10.0. The molecule has 0 bridgehead atoms. The van der Waals surface area contributed by atoms with Gasteiger partial charge in [-0.1, -0.05) is 48.5 Å². The van der Waals surface area contributed by atoms with Gasteiger partial charge >= 0.3 is 0 Å². The van der Waals surface area contributed by atoms with E-state index in [1.807, 2.05) is 42.5 Å². The molecule has 2 heteroatoms. The first-order chi connectivity index (χ1) is 8.40. The van der Waals surface area contributed by atoms with Gasteiger partial charge in [-0.25, -0.2) is 4.79 Å². The van der Waals surface area contributed by atoms with Crippen LogP contribution in [0.3, 0.4) is 0 Å². The van der Waals surface area contributed by atoms with Gasteiger partial charge in [-0.3, -0.25) is 0 Å². The highest BCUT2D eigenvalue weighted by molar-refractivity contribution is 5.53. The summed E-state index contributed by atoms with van der Waals surface area (Å²) in [5.74, 6) is 0. The van der Waals surface area contributed by atoms with Gasteiger partial charge in [-0.05, 0) is 30.0 Å². The van der Waals surface area contributed by atoms with E-state index in [0.717, 1.165) is 24.1 Å². The molecule has 0 saturated heterocycles. The molecule has 0 radical (unpaired) electrons. The average molecular weight is 223 g/mol. The Morgan fingerprint density at radius 2 is 1.59 bits per heavy atom. The molecule has 0 heterocycles. The van der Waals surface area contributed by atoms with Crippen molar-refractivity contribution < 1.29 is 4.79 Å². The summed E-state index contributed by atoms with van der Waals surface area (Å²) in [6.07, 6.45) is 3.43. The maximum atomic E-state index is 10.3. The molecule has 2 aromatic rings. The number of para-hydroxylation sites is 1. The lowest BCUT2D eigenvalue weighted by Crippen LogP contribution is -1.91. The van der Waals surface area contributed by atoms with Crippen molar-refractivity contribution in [1.29, 1.82) is 0 Å². The molecule has 0 N–H and O–H groups in total. The largest absolute Gasteiger partial charge is 0.240 e. The molecule has 0 aliphatic heterocycles. The zero-order chi connectivity index (χ0) is 11.9. The molecular formula is C15H13NO. The minimum Gasteiger partial charge on any atom is -0.211 e. The Morgan fingerprint density at radius 1 is 0.882 bits per heavy atom. The molecule has 0 saturated carbocycles. The predicted octanol–water partition coefficient (Wildman–Crippen LogP) is 3.44. The molecule has 0 aliphatic carbocycles. The van der Waals surface area contributed by atoms with Crippen molar-refractivity contribution in [2.24, 2.45) is 4.99 Å². The molecule has 0 aromatic heterocycles. The number of rotatable bonds is 4. The molecule has 2 rings (SSSR count). The molecule has 0 unspecified atom stereocenters.